The summed E-state index contributed by atoms with van der Waals surface area (Å²) in [5.41, 5.74) is 1.02. The van der Waals surface area contributed by atoms with Crippen molar-refractivity contribution in [2.75, 3.05) is 24.5 Å². The van der Waals surface area contributed by atoms with Crippen LogP contribution in [0, 0.1) is 30.1 Å². The van der Waals surface area contributed by atoms with Crippen LogP contribution in [0.2, 0.25) is 0 Å². The van der Waals surface area contributed by atoms with Crippen molar-refractivity contribution < 1.29 is 13.9 Å². The van der Waals surface area contributed by atoms with Crippen molar-refractivity contribution in [2.45, 2.75) is 31.5 Å². The smallest absolute Gasteiger partial charge is 0.254 e. The number of fused-ring (bicyclic) bond motifs is 1. The van der Waals surface area contributed by atoms with Crippen molar-refractivity contribution in [3.05, 3.63) is 47.5 Å². The summed E-state index contributed by atoms with van der Waals surface area (Å²) in [7, 11) is 0. The fourth-order valence-electron chi connectivity index (χ4n) is 5.20. The molecule has 0 unspecified atom stereocenters. The number of carbonyl (C=O) groups excluding carboxylic acids is 1. The molecule has 2 aromatic rings. The summed E-state index contributed by atoms with van der Waals surface area (Å²) >= 11 is 0. The number of nitrogens with zero attached hydrogens (tertiary/aromatic N) is 3. The highest BCUT2D eigenvalue weighted by molar-refractivity contribution is 5.95. The molecule has 3 fully saturated rings. The Morgan fingerprint density at radius 1 is 1.46 bits per heavy atom. The molecule has 2 aromatic heterocycles. The van der Waals surface area contributed by atoms with Crippen molar-refractivity contribution in [3.8, 4) is 6.07 Å². The molecule has 0 aliphatic carbocycles. The van der Waals surface area contributed by atoms with Gasteiger partial charge in [0.05, 0.1) is 29.1 Å². The number of hydrogen-bond acceptors (Lipinski definition) is 6. The number of anilines is 1. The normalized spacial score (nSPS) is 30.3. The van der Waals surface area contributed by atoms with E-state index in [-0.39, 0.29) is 17.6 Å². The van der Waals surface area contributed by atoms with Gasteiger partial charge in [0.25, 0.3) is 5.91 Å². The maximum absolute atomic E-state index is 12.5. The van der Waals surface area contributed by atoms with Gasteiger partial charge >= 0.3 is 0 Å². The summed E-state index contributed by atoms with van der Waals surface area (Å²) in [5.74, 6) is 2.10. The molecular formula is C21H22N4O3. The van der Waals surface area contributed by atoms with E-state index in [0.29, 0.717) is 35.3 Å². The van der Waals surface area contributed by atoms with Gasteiger partial charge in [-0.05, 0) is 38.0 Å². The lowest BCUT2D eigenvalue weighted by molar-refractivity contribution is 0.0141. The van der Waals surface area contributed by atoms with Crippen LogP contribution in [0.1, 0.15) is 34.5 Å². The maximum Gasteiger partial charge on any atom is 0.254 e. The van der Waals surface area contributed by atoms with E-state index in [1.165, 1.54) is 0 Å². The Bertz CT molecular complexity index is 947. The summed E-state index contributed by atoms with van der Waals surface area (Å²) in [6, 6.07) is 7.52. The highest BCUT2D eigenvalue weighted by Crippen LogP contribution is 2.55. The first-order valence-corrected chi connectivity index (χ1v) is 9.71. The molecule has 1 N–H and O–H groups in total. The molecule has 7 heteroatoms. The van der Waals surface area contributed by atoms with Gasteiger partial charge in [0.1, 0.15) is 17.6 Å². The van der Waals surface area contributed by atoms with Crippen LogP contribution in [-0.4, -0.2) is 42.2 Å². The van der Waals surface area contributed by atoms with Gasteiger partial charge in [-0.15, -0.1) is 0 Å². The third-order valence-corrected chi connectivity index (χ3v) is 6.59. The van der Waals surface area contributed by atoms with E-state index in [2.05, 4.69) is 21.3 Å². The van der Waals surface area contributed by atoms with Gasteiger partial charge in [-0.3, -0.25) is 4.79 Å². The first-order chi connectivity index (χ1) is 13.6. The average molecular weight is 378 g/mol. The monoisotopic (exact) mass is 378 g/mol. The van der Waals surface area contributed by atoms with E-state index < -0.39 is 0 Å². The number of aryl methyl sites for hydroxylation is 1. The number of nitrogens with one attached hydrogen (secondary N) is 1. The molecule has 5 rings (SSSR count). The number of nitriles is 1. The standard InChI is InChI=1S/C21H22N4O3/c1-13-15(5-7-27-13)20(26)24-10-16-17-11-25(12-21(17)6-4-18(16)28-21)19-3-2-14(8-22)9-23-19/h2-3,5,7,9,16-18H,4,6,10-12H2,1H3,(H,24,26)/t16-,17+,18+,21+/m0/s1. The summed E-state index contributed by atoms with van der Waals surface area (Å²) in [5, 5.41) is 12.1. The molecule has 5 heterocycles. The van der Waals surface area contributed by atoms with E-state index >= 15 is 0 Å². The lowest BCUT2D eigenvalue weighted by Crippen LogP contribution is -2.41. The van der Waals surface area contributed by atoms with Crippen LogP contribution in [0.5, 0.6) is 0 Å². The quantitative estimate of drug-likeness (QED) is 0.878. The first-order valence-electron chi connectivity index (χ1n) is 9.71. The van der Waals surface area contributed by atoms with Crippen LogP contribution in [-0.2, 0) is 4.74 Å². The van der Waals surface area contributed by atoms with Crippen molar-refractivity contribution in [1.82, 2.24) is 10.3 Å². The number of pyridine rings is 1. The molecule has 3 saturated heterocycles. The largest absolute Gasteiger partial charge is 0.469 e. The number of hydrogen-bond donors (Lipinski definition) is 1. The summed E-state index contributed by atoms with van der Waals surface area (Å²) in [6.45, 7) is 4.08. The molecule has 1 spiro atoms. The topological polar surface area (TPSA) is 91.4 Å². The number of rotatable bonds is 4. The highest BCUT2D eigenvalue weighted by atomic mass is 16.5. The number of furan rings is 1. The molecule has 3 aliphatic rings. The molecular weight excluding hydrogens is 356 g/mol. The predicted octanol–water partition coefficient (Wildman–Crippen LogP) is 2.27. The Balaban J connectivity index is 1.30. The molecule has 7 nitrogen and oxygen atoms in total. The second-order valence-corrected chi connectivity index (χ2v) is 8.03. The lowest BCUT2D eigenvalue weighted by Gasteiger charge is -2.29. The van der Waals surface area contributed by atoms with Gasteiger partial charge in [-0.2, -0.15) is 5.26 Å². The Hall–Kier alpha value is -2.85. The molecule has 3 aliphatic heterocycles. The maximum atomic E-state index is 12.5. The number of amides is 1. The van der Waals surface area contributed by atoms with Crippen LogP contribution in [0.4, 0.5) is 5.82 Å². The van der Waals surface area contributed by atoms with E-state index in [4.69, 9.17) is 14.4 Å². The fourth-order valence-corrected chi connectivity index (χ4v) is 5.20. The fraction of sp³-hybridized carbons (Fsp3) is 0.476. The minimum Gasteiger partial charge on any atom is -0.469 e. The molecule has 0 radical (unpaired) electrons. The van der Waals surface area contributed by atoms with Crippen LogP contribution in [0.15, 0.2) is 35.1 Å². The number of ether oxygens (including phenoxy) is 1. The first kappa shape index (κ1) is 17.3. The van der Waals surface area contributed by atoms with Gasteiger partial charge in [0.15, 0.2) is 0 Å². The molecule has 2 bridgehead atoms. The van der Waals surface area contributed by atoms with Gasteiger partial charge in [0, 0.05) is 37.7 Å². The zero-order valence-electron chi connectivity index (χ0n) is 15.7. The van der Waals surface area contributed by atoms with E-state index in [1.807, 2.05) is 6.07 Å². The zero-order chi connectivity index (χ0) is 19.3. The predicted molar refractivity (Wildman–Crippen MR) is 101 cm³/mol. The van der Waals surface area contributed by atoms with Crippen LogP contribution in [0.25, 0.3) is 0 Å². The van der Waals surface area contributed by atoms with Crippen LogP contribution < -0.4 is 10.2 Å². The zero-order valence-corrected chi connectivity index (χ0v) is 15.7. The second-order valence-electron chi connectivity index (χ2n) is 8.03. The summed E-state index contributed by atoms with van der Waals surface area (Å²) in [6.07, 6.45) is 5.47. The summed E-state index contributed by atoms with van der Waals surface area (Å²) in [4.78, 5) is 19.2. The molecule has 28 heavy (non-hydrogen) atoms. The molecule has 4 atom stereocenters. The van der Waals surface area contributed by atoms with Crippen molar-refractivity contribution in [1.29, 1.82) is 5.26 Å². The van der Waals surface area contributed by atoms with E-state index in [0.717, 1.165) is 31.7 Å². The Morgan fingerprint density at radius 3 is 3.07 bits per heavy atom. The SMILES string of the molecule is Cc1occc1C(=O)NC[C@H]1[C@H]2CN(c3ccc(C#N)cn3)C[C@]23CC[C@H]1O3. The Morgan fingerprint density at radius 2 is 2.36 bits per heavy atom. The van der Waals surface area contributed by atoms with Crippen molar-refractivity contribution in [3.63, 3.8) is 0 Å². The molecule has 144 valence electrons. The van der Waals surface area contributed by atoms with Gasteiger partial charge < -0.3 is 19.4 Å². The van der Waals surface area contributed by atoms with Gasteiger partial charge in [0.2, 0.25) is 0 Å². The Labute approximate surface area is 163 Å². The van der Waals surface area contributed by atoms with Gasteiger partial charge in [-0.1, -0.05) is 0 Å². The average Bonchev–Trinajstić information content (AvgIpc) is 3.46. The van der Waals surface area contributed by atoms with Crippen molar-refractivity contribution in [2.24, 2.45) is 11.8 Å². The Kier molecular flexibility index (Phi) is 3.91. The number of carbonyl (C=O) groups is 1. The minimum absolute atomic E-state index is 0.0910. The van der Waals surface area contributed by atoms with Crippen LogP contribution in [0.3, 0.4) is 0 Å². The molecule has 0 aromatic carbocycles. The third kappa shape index (κ3) is 2.60. The van der Waals surface area contributed by atoms with E-state index in [9.17, 15) is 4.79 Å². The minimum atomic E-state index is -0.138. The second kappa shape index (κ2) is 6.35. The van der Waals surface area contributed by atoms with Gasteiger partial charge in [-0.25, -0.2) is 4.98 Å². The molecule has 1 amide bonds. The van der Waals surface area contributed by atoms with E-state index in [1.54, 1.807) is 31.5 Å². The highest BCUT2D eigenvalue weighted by Gasteiger charge is 2.63. The van der Waals surface area contributed by atoms with Crippen LogP contribution >= 0.6 is 0 Å². The number of aromatic nitrogens is 1. The third-order valence-electron chi connectivity index (χ3n) is 6.59. The summed E-state index contributed by atoms with van der Waals surface area (Å²) < 4.78 is 11.7. The molecule has 0 saturated carbocycles. The lowest BCUT2D eigenvalue weighted by atomic mass is 9.73. The van der Waals surface area contributed by atoms with Crippen molar-refractivity contribution >= 4 is 11.7 Å².